The maximum atomic E-state index is 11.6. The number of ether oxygens (including phenoxy) is 1. The maximum Gasteiger partial charge on any atom is 0.360 e. The van der Waals surface area contributed by atoms with Gasteiger partial charge in [0.05, 0.1) is 7.11 Å². The van der Waals surface area contributed by atoms with Crippen LogP contribution in [0.25, 0.3) is 0 Å². The first-order valence-corrected chi connectivity index (χ1v) is 6.20. The molecule has 17 heavy (non-hydrogen) atoms. The second-order valence-electron chi connectivity index (χ2n) is 3.21. The molecule has 0 atom stereocenters. The molecular formula is C12H14BrNO3. The van der Waals surface area contributed by atoms with Gasteiger partial charge in [0.15, 0.2) is 5.71 Å². The second-order valence-corrected chi connectivity index (χ2v) is 4.00. The summed E-state index contributed by atoms with van der Waals surface area (Å²) in [6, 6.07) is 7.54. The van der Waals surface area contributed by atoms with Crippen molar-refractivity contribution in [1.29, 1.82) is 0 Å². The predicted molar refractivity (Wildman–Crippen MR) is 69.5 cm³/mol. The Morgan fingerprint density at radius 2 is 2.06 bits per heavy atom. The fraction of sp³-hybridized carbons (Fsp3) is 0.333. The van der Waals surface area contributed by atoms with Crippen LogP contribution in [0.15, 0.2) is 29.4 Å². The number of esters is 1. The molecule has 5 heteroatoms. The molecule has 0 heterocycles. The highest BCUT2D eigenvalue weighted by molar-refractivity contribution is 9.09. The standard InChI is InChI=1S/C12H14BrNO3/c1-16-12(15)11(14-17-2)10-6-4-3-5-9(10)7-8-13/h3-6H,7-8H2,1-2H3. The molecule has 92 valence electrons. The van der Waals surface area contributed by atoms with Crippen LogP contribution >= 0.6 is 15.9 Å². The number of carbonyl (C=O) groups excluding carboxylic acids is 1. The van der Waals surface area contributed by atoms with E-state index >= 15 is 0 Å². The van der Waals surface area contributed by atoms with E-state index in [-0.39, 0.29) is 5.71 Å². The van der Waals surface area contributed by atoms with E-state index in [1.54, 1.807) is 0 Å². The zero-order valence-electron chi connectivity index (χ0n) is 9.77. The van der Waals surface area contributed by atoms with Crippen molar-refractivity contribution in [3.8, 4) is 0 Å². The molecule has 1 aromatic carbocycles. The number of nitrogens with zero attached hydrogens (tertiary/aromatic N) is 1. The van der Waals surface area contributed by atoms with Crippen molar-refractivity contribution in [2.45, 2.75) is 6.42 Å². The average Bonchev–Trinajstić information content (AvgIpc) is 2.36. The summed E-state index contributed by atoms with van der Waals surface area (Å²) in [5.74, 6) is -0.506. The summed E-state index contributed by atoms with van der Waals surface area (Å²) in [7, 11) is 2.72. The minimum atomic E-state index is -0.506. The van der Waals surface area contributed by atoms with Gasteiger partial charge in [-0.25, -0.2) is 4.79 Å². The monoisotopic (exact) mass is 299 g/mol. The highest BCUT2D eigenvalue weighted by atomic mass is 79.9. The third-order valence-electron chi connectivity index (χ3n) is 2.20. The van der Waals surface area contributed by atoms with Crippen molar-refractivity contribution in [2.24, 2.45) is 5.16 Å². The lowest BCUT2D eigenvalue weighted by Gasteiger charge is -2.08. The molecule has 0 saturated carbocycles. The van der Waals surface area contributed by atoms with Crippen LogP contribution < -0.4 is 0 Å². The van der Waals surface area contributed by atoms with Gasteiger partial charge in [-0.1, -0.05) is 45.4 Å². The summed E-state index contributed by atoms with van der Waals surface area (Å²) in [5, 5.41) is 4.55. The SMILES string of the molecule is CON=C(C(=O)OC)c1ccccc1CCBr. The normalized spacial score (nSPS) is 11.1. The average molecular weight is 300 g/mol. The van der Waals surface area contributed by atoms with E-state index in [4.69, 9.17) is 4.74 Å². The number of rotatable bonds is 5. The van der Waals surface area contributed by atoms with Crippen LogP contribution in [0.2, 0.25) is 0 Å². The van der Waals surface area contributed by atoms with Gasteiger partial charge in [0.25, 0.3) is 0 Å². The Kier molecular flexibility index (Phi) is 5.69. The lowest BCUT2D eigenvalue weighted by molar-refractivity contribution is -0.132. The van der Waals surface area contributed by atoms with Crippen molar-refractivity contribution in [2.75, 3.05) is 19.5 Å². The number of benzene rings is 1. The molecular weight excluding hydrogens is 286 g/mol. The van der Waals surface area contributed by atoms with E-state index < -0.39 is 5.97 Å². The van der Waals surface area contributed by atoms with Crippen molar-refractivity contribution < 1.29 is 14.4 Å². The Hall–Kier alpha value is -1.36. The molecule has 4 nitrogen and oxygen atoms in total. The first kappa shape index (κ1) is 13.7. The summed E-state index contributed by atoms with van der Waals surface area (Å²) in [6.07, 6.45) is 0.801. The van der Waals surface area contributed by atoms with Gasteiger partial charge in [-0.2, -0.15) is 0 Å². The van der Waals surface area contributed by atoms with Crippen LogP contribution in [0.5, 0.6) is 0 Å². The Morgan fingerprint density at radius 1 is 1.35 bits per heavy atom. The fourth-order valence-electron chi connectivity index (χ4n) is 1.46. The summed E-state index contributed by atoms with van der Waals surface area (Å²) in [6.45, 7) is 0. The van der Waals surface area contributed by atoms with Gasteiger partial charge in [0, 0.05) is 10.9 Å². The number of alkyl halides is 1. The first-order chi connectivity index (χ1) is 8.24. The van der Waals surface area contributed by atoms with Crippen LogP contribution in [0, 0.1) is 0 Å². The molecule has 0 aliphatic carbocycles. The zero-order chi connectivity index (χ0) is 12.7. The number of oxime groups is 1. The highest BCUT2D eigenvalue weighted by Gasteiger charge is 2.18. The second kappa shape index (κ2) is 7.06. The van der Waals surface area contributed by atoms with E-state index in [0.717, 1.165) is 22.9 Å². The van der Waals surface area contributed by atoms with Gasteiger partial charge in [-0.05, 0) is 12.0 Å². The third-order valence-corrected chi connectivity index (χ3v) is 2.59. The molecule has 1 aromatic rings. The highest BCUT2D eigenvalue weighted by Crippen LogP contribution is 2.13. The van der Waals surface area contributed by atoms with Crippen molar-refractivity contribution in [3.05, 3.63) is 35.4 Å². The Labute approximate surface area is 109 Å². The number of aryl methyl sites for hydroxylation is 1. The molecule has 0 radical (unpaired) electrons. The minimum absolute atomic E-state index is 0.187. The number of hydrogen-bond acceptors (Lipinski definition) is 4. The third kappa shape index (κ3) is 3.56. The molecule has 0 aliphatic heterocycles. The molecule has 0 saturated heterocycles. The summed E-state index contributed by atoms with van der Waals surface area (Å²) in [4.78, 5) is 16.3. The van der Waals surface area contributed by atoms with Gasteiger partial charge in [-0.3, -0.25) is 0 Å². The van der Waals surface area contributed by atoms with Crippen LogP contribution in [0.1, 0.15) is 11.1 Å². The number of methoxy groups -OCH3 is 1. The molecule has 0 N–H and O–H groups in total. The van der Waals surface area contributed by atoms with Crippen LogP contribution in [-0.4, -0.2) is 31.2 Å². The van der Waals surface area contributed by atoms with Gasteiger partial charge in [-0.15, -0.1) is 0 Å². The smallest absolute Gasteiger partial charge is 0.360 e. The fourth-order valence-corrected chi connectivity index (χ4v) is 1.88. The minimum Gasteiger partial charge on any atom is -0.464 e. The van der Waals surface area contributed by atoms with E-state index in [0.29, 0.717) is 0 Å². The van der Waals surface area contributed by atoms with Crippen molar-refractivity contribution in [1.82, 2.24) is 0 Å². The van der Waals surface area contributed by atoms with Gasteiger partial charge in [0.2, 0.25) is 0 Å². The quantitative estimate of drug-likeness (QED) is 0.362. The van der Waals surface area contributed by atoms with E-state index in [1.165, 1.54) is 14.2 Å². The predicted octanol–water partition coefficient (Wildman–Crippen LogP) is 2.15. The first-order valence-electron chi connectivity index (χ1n) is 5.08. The van der Waals surface area contributed by atoms with Gasteiger partial charge in [0.1, 0.15) is 7.11 Å². The number of carbonyl (C=O) groups is 1. The van der Waals surface area contributed by atoms with Crippen molar-refractivity contribution in [3.63, 3.8) is 0 Å². The Morgan fingerprint density at radius 3 is 2.65 bits per heavy atom. The maximum absolute atomic E-state index is 11.6. The zero-order valence-corrected chi connectivity index (χ0v) is 11.4. The van der Waals surface area contributed by atoms with Crippen molar-refractivity contribution >= 4 is 27.6 Å². The summed E-state index contributed by atoms with van der Waals surface area (Å²) in [5.41, 5.74) is 1.94. The van der Waals surface area contributed by atoms with Gasteiger partial charge >= 0.3 is 5.97 Å². The number of hydrogen-bond donors (Lipinski definition) is 0. The van der Waals surface area contributed by atoms with Crippen LogP contribution in [-0.2, 0) is 20.8 Å². The summed E-state index contributed by atoms with van der Waals surface area (Å²) < 4.78 is 4.69. The lowest BCUT2D eigenvalue weighted by atomic mass is 10.0. The molecule has 0 bridgehead atoms. The molecule has 0 unspecified atom stereocenters. The van der Waals surface area contributed by atoms with E-state index in [1.807, 2.05) is 24.3 Å². The lowest BCUT2D eigenvalue weighted by Crippen LogP contribution is -2.19. The molecule has 0 amide bonds. The largest absolute Gasteiger partial charge is 0.464 e. The van der Waals surface area contributed by atoms with Crippen LogP contribution in [0.4, 0.5) is 0 Å². The Bertz CT molecular complexity index is 418. The summed E-state index contributed by atoms with van der Waals surface area (Å²) >= 11 is 3.38. The topological polar surface area (TPSA) is 47.9 Å². The van der Waals surface area contributed by atoms with Gasteiger partial charge < -0.3 is 9.57 Å². The number of halogens is 1. The van der Waals surface area contributed by atoms with E-state index in [2.05, 4.69) is 25.9 Å². The molecule has 0 spiro atoms. The molecule has 0 fully saturated rings. The Balaban J connectivity index is 3.18. The molecule has 1 rings (SSSR count). The molecule has 0 aliphatic rings. The van der Waals surface area contributed by atoms with E-state index in [9.17, 15) is 4.79 Å². The molecule has 0 aromatic heterocycles. The van der Waals surface area contributed by atoms with Crippen LogP contribution in [0.3, 0.4) is 0 Å².